The number of nitrogens with one attached hydrogen (secondary N) is 1. The van der Waals surface area contributed by atoms with E-state index in [2.05, 4.69) is 5.32 Å². The third-order valence-corrected chi connectivity index (χ3v) is 8.89. The average Bonchev–Trinajstić information content (AvgIpc) is 2.91. The predicted octanol–water partition coefficient (Wildman–Crippen LogP) is 6.67. The average molecular weight is 653 g/mol. The third kappa shape index (κ3) is 9.36. The van der Waals surface area contributed by atoms with E-state index >= 15 is 0 Å². The fourth-order valence-electron chi connectivity index (χ4n) is 4.62. The van der Waals surface area contributed by atoms with Crippen molar-refractivity contribution in [2.45, 2.75) is 58.7 Å². The Hall–Kier alpha value is -2.78. The van der Waals surface area contributed by atoms with E-state index in [0.29, 0.717) is 31.9 Å². The van der Waals surface area contributed by atoms with Crippen molar-refractivity contribution in [3.05, 3.63) is 98.5 Å². The van der Waals surface area contributed by atoms with Gasteiger partial charge < -0.3 is 10.2 Å². The minimum absolute atomic E-state index is 0.00289. The van der Waals surface area contributed by atoms with E-state index in [-0.39, 0.29) is 50.2 Å². The lowest BCUT2D eigenvalue weighted by molar-refractivity contribution is -0.141. The Morgan fingerprint density at radius 2 is 1.62 bits per heavy atom. The van der Waals surface area contributed by atoms with E-state index in [1.165, 1.54) is 9.21 Å². The first kappa shape index (κ1) is 33.7. The molecule has 3 rings (SSSR count). The van der Waals surface area contributed by atoms with Gasteiger partial charge in [0.1, 0.15) is 6.04 Å². The van der Waals surface area contributed by atoms with Crippen LogP contribution in [0.3, 0.4) is 0 Å². The van der Waals surface area contributed by atoms with Gasteiger partial charge in [0.15, 0.2) is 0 Å². The van der Waals surface area contributed by atoms with Gasteiger partial charge in [-0.1, -0.05) is 77.3 Å². The van der Waals surface area contributed by atoms with Gasteiger partial charge in [-0.25, -0.2) is 8.42 Å². The smallest absolute Gasteiger partial charge is 0.243 e. The number of anilines is 1. The minimum atomic E-state index is -3.66. The van der Waals surface area contributed by atoms with Crippen molar-refractivity contribution in [3.63, 3.8) is 0 Å². The quantitative estimate of drug-likeness (QED) is 0.224. The van der Waals surface area contributed by atoms with Gasteiger partial charge in [-0.15, -0.1) is 0 Å². The summed E-state index contributed by atoms with van der Waals surface area (Å²) >= 11 is 18.9. The molecule has 0 saturated carbocycles. The maximum Gasteiger partial charge on any atom is 0.243 e. The molecule has 2 amide bonds. The zero-order chi connectivity index (χ0) is 31.0. The molecule has 0 fully saturated rings. The fourth-order valence-corrected chi connectivity index (χ4v) is 6.27. The number of sulfonamides is 1. The molecular weight excluding hydrogens is 617 g/mol. The second-order valence-corrected chi connectivity index (χ2v) is 13.6. The summed E-state index contributed by atoms with van der Waals surface area (Å²) in [6.07, 6.45) is 1.62. The van der Waals surface area contributed by atoms with Crippen LogP contribution in [0.2, 0.25) is 15.1 Å². The van der Waals surface area contributed by atoms with Crippen LogP contribution >= 0.6 is 34.8 Å². The molecule has 0 aliphatic carbocycles. The highest BCUT2D eigenvalue weighted by molar-refractivity contribution is 7.92. The molecule has 42 heavy (non-hydrogen) atoms. The Labute approximate surface area is 263 Å². The monoisotopic (exact) mass is 651 g/mol. The molecule has 3 aromatic rings. The van der Waals surface area contributed by atoms with Crippen LogP contribution < -0.4 is 9.62 Å². The summed E-state index contributed by atoms with van der Waals surface area (Å²) in [7, 11) is -3.66. The number of rotatable bonds is 13. The number of benzene rings is 3. The van der Waals surface area contributed by atoms with E-state index in [4.69, 9.17) is 34.8 Å². The van der Waals surface area contributed by atoms with Crippen LogP contribution in [0.15, 0.2) is 66.7 Å². The van der Waals surface area contributed by atoms with Crippen LogP contribution in [0.25, 0.3) is 0 Å². The van der Waals surface area contributed by atoms with Crippen LogP contribution in [-0.2, 0) is 32.6 Å². The molecule has 11 heteroatoms. The van der Waals surface area contributed by atoms with Gasteiger partial charge in [0.05, 0.1) is 11.9 Å². The lowest BCUT2D eigenvalue weighted by Gasteiger charge is -2.33. The van der Waals surface area contributed by atoms with Gasteiger partial charge >= 0.3 is 0 Å². The molecule has 0 saturated heterocycles. The lowest BCUT2D eigenvalue weighted by Crippen LogP contribution is -2.51. The largest absolute Gasteiger partial charge is 0.352 e. The number of nitrogens with zero attached hydrogens (tertiary/aromatic N) is 2. The Bertz CT molecular complexity index is 1500. The third-order valence-electron chi connectivity index (χ3n) is 6.72. The minimum Gasteiger partial charge on any atom is -0.352 e. The maximum atomic E-state index is 13.9. The zero-order valence-corrected chi connectivity index (χ0v) is 27.2. The molecular formula is C31H36Cl3N3O4S. The molecule has 0 radical (unpaired) electrons. The van der Waals surface area contributed by atoms with Gasteiger partial charge in [-0.05, 0) is 68.1 Å². The topological polar surface area (TPSA) is 86.8 Å². The van der Waals surface area contributed by atoms with Crippen molar-refractivity contribution < 1.29 is 18.0 Å². The summed E-state index contributed by atoms with van der Waals surface area (Å²) in [5, 5.41) is 4.23. The van der Waals surface area contributed by atoms with E-state index in [0.717, 1.165) is 11.8 Å². The summed E-state index contributed by atoms with van der Waals surface area (Å²) in [5.74, 6) is -0.600. The standard InChI is InChI=1S/C31H36Cl3N3O4S/c1-21(2)35-31(39)29(18-23-10-6-5-7-11-23)36(20-24-15-16-25(32)19-27(24)34)30(38)14-9-17-37(42(4,40)41)28-13-8-12-26(33)22(28)3/h5-8,10-13,15-16,19,21,29H,9,14,17-18,20H2,1-4H3,(H,35,39). The Kier molecular flexibility index (Phi) is 12.1. The molecule has 0 aliphatic rings. The number of carbonyl (C=O) groups is 2. The molecule has 0 spiro atoms. The molecule has 0 heterocycles. The van der Waals surface area contributed by atoms with Crippen molar-refractivity contribution in [1.29, 1.82) is 0 Å². The van der Waals surface area contributed by atoms with Gasteiger partial charge in [-0.3, -0.25) is 13.9 Å². The zero-order valence-electron chi connectivity index (χ0n) is 24.1. The number of amides is 2. The van der Waals surface area contributed by atoms with Crippen LogP contribution in [0.5, 0.6) is 0 Å². The first-order valence-corrected chi connectivity index (χ1v) is 16.6. The number of carbonyl (C=O) groups excluding carboxylic acids is 2. The fraction of sp³-hybridized carbons (Fsp3) is 0.355. The van der Waals surface area contributed by atoms with Crippen LogP contribution in [0.1, 0.15) is 43.4 Å². The van der Waals surface area contributed by atoms with Crippen molar-refractivity contribution in [1.82, 2.24) is 10.2 Å². The SMILES string of the molecule is Cc1c(Cl)cccc1N(CCCC(=O)N(Cc1ccc(Cl)cc1Cl)C(Cc1ccccc1)C(=O)NC(C)C)S(C)(=O)=O. The van der Waals surface area contributed by atoms with Crippen molar-refractivity contribution in [3.8, 4) is 0 Å². The molecule has 3 aromatic carbocycles. The molecule has 1 atom stereocenters. The summed E-state index contributed by atoms with van der Waals surface area (Å²) in [6, 6.07) is 18.6. The van der Waals surface area contributed by atoms with E-state index in [1.54, 1.807) is 43.3 Å². The van der Waals surface area contributed by atoms with Crippen LogP contribution in [0, 0.1) is 6.92 Å². The van der Waals surface area contributed by atoms with Crippen LogP contribution in [0.4, 0.5) is 5.69 Å². The van der Waals surface area contributed by atoms with Crippen LogP contribution in [-0.4, -0.2) is 50.0 Å². The Morgan fingerprint density at radius 3 is 2.24 bits per heavy atom. The van der Waals surface area contributed by atoms with Gasteiger partial charge in [0.2, 0.25) is 21.8 Å². The van der Waals surface area contributed by atoms with Gasteiger partial charge in [0, 0.05) is 47.0 Å². The highest BCUT2D eigenvalue weighted by Crippen LogP contribution is 2.29. The maximum absolute atomic E-state index is 13.9. The number of halogens is 3. The normalized spacial score (nSPS) is 12.2. The molecule has 1 unspecified atom stereocenters. The van der Waals surface area contributed by atoms with E-state index in [1.807, 2.05) is 44.2 Å². The molecule has 226 valence electrons. The highest BCUT2D eigenvalue weighted by atomic mass is 35.5. The van der Waals surface area contributed by atoms with Gasteiger partial charge in [0.25, 0.3) is 0 Å². The molecule has 0 aromatic heterocycles. The summed E-state index contributed by atoms with van der Waals surface area (Å²) < 4.78 is 26.7. The van der Waals surface area contributed by atoms with E-state index in [9.17, 15) is 18.0 Å². The molecule has 1 N–H and O–H groups in total. The van der Waals surface area contributed by atoms with Crippen molar-refractivity contribution in [2.75, 3.05) is 17.1 Å². The highest BCUT2D eigenvalue weighted by Gasteiger charge is 2.31. The Balaban J connectivity index is 1.93. The second kappa shape index (κ2) is 15.1. The van der Waals surface area contributed by atoms with Crippen molar-refractivity contribution >= 4 is 62.3 Å². The summed E-state index contributed by atoms with van der Waals surface area (Å²) in [4.78, 5) is 29.0. The summed E-state index contributed by atoms with van der Waals surface area (Å²) in [6.45, 7) is 5.60. The molecule has 0 bridgehead atoms. The number of hydrogen-bond donors (Lipinski definition) is 1. The second-order valence-electron chi connectivity index (χ2n) is 10.4. The van der Waals surface area contributed by atoms with Gasteiger partial charge in [-0.2, -0.15) is 0 Å². The first-order chi connectivity index (χ1) is 19.8. The molecule has 7 nitrogen and oxygen atoms in total. The first-order valence-electron chi connectivity index (χ1n) is 13.6. The Morgan fingerprint density at radius 1 is 0.929 bits per heavy atom. The predicted molar refractivity (Wildman–Crippen MR) is 172 cm³/mol. The number of hydrogen-bond acceptors (Lipinski definition) is 4. The molecule has 0 aliphatic heterocycles. The lowest BCUT2D eigenvalue weighted by atomic mass is 10.0. The van der Waals surface area contributed by atoms with Crippen molar-refractivity contribution in [2.24, 2.45) is 0 Å². The summed E-state index contributed by atoms with van der Waals surface area (Å²) in [5.41, 5.74) is 2.61. The van der Waals surface area contributed by atoms with E-state index < -0.39 is 16.1 Å².